The van der Waals surface area contributed by atoms with Crippen molar-refractivity contribution in [3.8, 4) is 0 Å². The van der Waals surface area contributed by atoms with Crippen molar-refractivity contribution in [1.82, 2.24) is 10.2 Å². The maximum Gasteiger partial charge on any atom is 0.223 e. The van der Waals surface area contributed by atoms with Crippen molar-refractivity contribution >= 4 is 5.91 Å². The van der Waals surface area contributed by atoms with Crippen LogP contribution in [0.2, 0.25) is 0 Å². The summed E-state index contributed by atoms with van der Waals surface area (Å²) in [5.74, 6) is 1.56. The first-order chi connectivity index (χ1) is 9.31. The molecule has 0 unspecified atom stereocenters. The maximum atomic E-state index is 12.0. The summed E-state index contributed by atoms with van der Waals surface area (Å²) in [5.41, 5.74) is 0. The summed E-state index contributed by atoms with van der Waals surface area (Å²) in [6.07, 6.45) is 11.7. The van der Waals surface area contributed by atoms with Crippen LogP contribution in [0.4, 0.5) is 0 Å². The Morgan fingerprint density at radius 1 is 0.947 bits per heavy atom. The summed E-state index contributed by atoms with van der Waals surface area (Å²) < 4.78 is 0. The van der Waals surface area contributed by atoms with Crippen molar-refractivity contribution in [2.45, 2.75) is 63.8 Å². The molecule has 0 atom stereocenters. The highest BCUT2D eigenvalue weighted by Gasteiger charge is 2.30. The van der Waals surface area contributed by atoms with E-state index >= 15 is 0 Å². The Hall–Kier alpha value is -0.570. The third-order valence-electron chi connectivity index (χ3n) is 5.12. The highest BCUT2D eigenvalue weighted by molar-refractivity contribution is 5.79. The number of nitrogens with one attached hydrogen (secondary N) is 1. The van der Waals surface area contributed by atoms with Crippen LogP contribution < -0.4 is 5.32 Å². The van der Waals surface area contributed by atoms with Gasteiger partial charge >= 0.3 is 0 Å². The number of rotatable bonds is 4. The molecule has 19 heavy (non-hydrogen) atoms. The molecule has 0 aromatic heterocycles. The molecule has 2 aliphatic carbocycles. The van der Waals surface area contributed by atoms with Crippen LogP contribution in [0.1, 0.15) is 57.8 Å². The highest BCUT2D eigenvalue weighted by atomic mass is 16.2. The fraction of sp³-hybridized carbons (Fsp3) is 0.938. The molecular weight excluding hydrogens is 236 g/mol. The number of likely N-dealkylation sites (tertiary alicyclic amines) is 1. The van der Waals surface area contributed by atoms with E-state index in [0.29, 0.717) is 17.9 Å². The van der Waals surface area contributed by atoms with Crippen LogP contribution in [0.5, 0.6) is 0 Å². The summed E-state index contributed by atoms with van der Waals surface area (Å²) in [7, 11) is 0. The van der Waals surface area contributed by atoms with Gasteiger partial charge in [-0.2, -0.15) is 0 Å². The Labute approximate surface area is 117 Å². The van der Waals surface area contributed by atoms with Crippen LogP contribution in [0.25, 0.3) is 0 Å². The second-order valence-corrected chi connectivity index (χ2v) is 6.86. The molecule has 3 nitrogen and oxygen atoms in total. The van der Waals surface area contributed by atoms with Gasteiger partial charge in [-0.1, -0.05) is 19.3 Å². The van der Waals surface area contributed by atoms with Crippen molar-refractivity contribution < 1.29 is 4.79 Å². The number of carbonyl (C=O) groups excluding carboxylic acids is 1. The van der Waals surface area contributed by atoms with Gasteiger partial charge in [-0.3, -0.25) is 4.79 Å². The quantitative estimate of drug-likeness (QED) is 0.846. The fourth-order valence-electron chi connectivity index (χ4n) is 3.66. The number of piperidine rings is 1. The van der Waals surface area contributed by atoms with Crippen molar-refractivity contribution in [2.75, 3.05) is 19.6 Å². The van der Waals surface area contributed by atoms with Crippen molar-refractivity contribution in [3.05, 3.63) is 0 Å². The molecule has 1 heterocycles. The molecule has 3 rings (SSSR count). The molecule has 0 radical (unpaired) electrons. The molecule has 3 fully saturated rings. The number of nitrogens with zero attached hydrogens (tertiary/aromatic N) is 1. The van der Waals surface area contributed by atoms with Crippen molar-refractivity contribution in [3.63, 3.8) is 0 Å². The molecule has 1 amide bonds. The molecule has 2 saturated carbocycles. The van der Waals surface area contributed by atoms with Gasteiger partial charge in [0.2, 0.25) is 5.91 Å². The minimum absolute atomic E-state index is 0.295. The van der Waals surface area contributed by atoms with E-state index in [1.165, 1.54) is 51.5 Å². The molecule has 108 valence electrons. The monoisotopic (exact) mass is 264 g/mol. The normalized spacial score (nSPS) is 27.4. The van der Waals surface area contributed by atoms with E-state index in [4.69, 9.17) is 0 Å². The average molecular weight is 264 g/mol. The number of carbonyl (C=O) groups is 1. The largest absolute Gasteiger partial charge is 0.353 e. The van der Waals surface area contributed by atoms with Gasteiger partial charge in [-0.15, -0.1) is 0 Å². The predicted molar refractivity (Wildman–Crippen MR) is 76.9 cm³/mol. The van der Waals surface area contributed by atoms with E-state index in [2.05, 4.69) is 10.2 Å². The van der Waals surface area contributed by atoms with Gasteiger partial charge in [-0.05, 0) is 57.5 Å². The van der Waals surface area contributed by atoms with Crippen LogP contribution in [0, 0.1) is 11.8 Å². The van der Waals surface area contributed by atoms with Crippen LogP contribution in [-0.2, 0) is 4.79 Å². The Kier molecular flexibility index (Phi) is 4.42. The smallest absolute Gasteiger partial charge is 0.223 e. The second-order valence-electron chi connectivity index (χ2n) is 6.86. The molecule has 0 aromatic rings. The maximum absolute atomic E-state index is 12.0. The summed E-state index contributed by atoms with van der Waals surface area (Å²) >= 11 is 0. The lowest BCUT2D eigenvalue weighted by molar-refractivity contribution is -0.126. The third kappa shape index (κ3) is 3.95. The van der Waals surface area contributed by atoms with Crippen LogP contribution in [-0.4, -0.2) is 36.5 Å². The molecule has 0 aromatic carbocycles. The molecule has 1 N–H and O–H groups in total. The Morgan fingerprint density at radius 2 is 1.63 bits per heavy atom. The Balaban J connectivity index is 1.37. The molecule has 3 aliphatic rings. The summed E-state index contributed by atoms with van der Waals surface area (Å²) in [5, 5.41) is 3.16. The van der Waals surface area contributed by atoms with E-state index < -0.39 is 0 Å². The van der Waals surface area contributed by atoms with Crippen LogP contribution in [0.3, 0.4) is 0 Å². The Bertz CT molecular complexity index is 300. The number of hydrogen-bond acceptors (Lipinski definition) is 2. The van der Waals surface area contributed by atoms with E-state index in [1.807, 2.05) is 0 Å². The summed E-state index contributed by atoms with van der Waals surface area (Å²) in [4.78, 5) is 14.6. The molecule has 0 bridgehead atoms. The zero-order valence-electron chi connectivity index (χ0n) is 12.1. The topological polar surface area (TPSA) is 32.3 Å². The van der Waals surface area contributed by atoms with Gasteiger partial charge in [0.25, 0.3) is 0 Å². The fourth-order valence-corrected chi connectivity index (χ4v) is 3.66. The second kappa shape index (κ2) is 6.25. The third-order valence-corrected chi connectivity index (χ3v) is 5.12. The van der Waals surface area contributed by atoms with E-state index in [9.17, 15) is 4.79 Å². The minimum atomic E-state index is 0.295. The number of hydrogen-bond donors (Lipinski definition) is 1. The Morgan fingerprint density at radius 3 is 2.26 bits per heavy atom. The van der Waals surface area contributed by atoms with Gasteiger partial charge < -0.3 is 10.2 Å². The van der Waals surface area contributed by atoms with Gasteiger partial charge in [-0.25, -0.2) is 0 Å². The summed E-state index contributed by atoms with van der Waals surface area (Å²) in [6.45, 7) is 3.56. The average Bonchev–Trinajstić information content (AvgIpc) is 3.25. The lowest BCUT2D eigenvalue weighted by atomic mass is 9.88. The van der Waals surface area contributed by atoms with Crippen LogP contribution in [0.15, 0.2) is 0 Å². The van der Waals surface area contributed by atoms with E-state index in [1.54, 1.807) is 0 Å². The molecule has 0 spiro atoms. The number of amides is 1. The lowest BCUT2D eigenvalue weighted by Gasteiger charge is -2.34. The standard InChI is InChI=1S/C16H28N2O/c19-16(17-15-6-7-15)14-8-10-18(11-9-14)12-13-4-2-1-3-5-13/h13-15H,1-12H2,(H,17,19). The highest BCUT2D eigenvalue weighted by Crippen LogP contribution is 2.27. The van der Waals surface area contributed by atoms with Gasteiger partial charge in [0, 0.05) is 18.5 Å². The minimum Gasteiger partial charge on any atom is -0.353 e. The molecule has 3 heteroatoms. The first-order valence-corrected chi connectivity index (χ1v) is 8.34. The zero-order chi connectivity index (χ0) is 13.1. The van der Waals surface area contributed by atoms with E-state index in [0.717, 1.165) is 31.8 Å². The first-order valence-electron chi connectivity index (χ1n) is 8.34. The first kappa shape index (κ1) is 13.4. The summed E-state index contributed by atoms with van der Waals surface area (Å²) in [6, 6.07) is 0.521. The van der Waals surface area contributed by atoms with Gasteiger partial charge in [0.05, 0.1) is 0 Å². The van der Waals surface area contributed by atoms with E-state index in [-0.39, 0.29) is 0 Å². The molecular formula is C16H28N2O. The predicted octanol–water partition coefficient (Wildman–Crippen LogP) is 2.56. The zero-order valence-corrected chi connectivity index (χ0v) is 12.1. The van der Waals surface area contributed by atoms with Crippen LogP contribution >= 0.6 is 0 Å². The van der Waals surface area contributed by atoms with Crippen molar-refractivity contribution in [2.24, 2.45) is 11.8 Å². The lowest BCUT2D eigenvalue weighted by Crippen LogP contribution is -2.42. The van der Waals surface area contributed by atoms with Gasteiger partial charge in [0.15, 0.2) is 0 Å². The van der Waals surface area contributed by atoms with Gasteiger partial charge in [0.1, 0.15) is 0 Å². The SMILES string of the molecule is O=C(NC1CC1)C1CCN(CC2CCCCC2)CC1. The molecule has 1 saturated heterocycles. The molecule has 1 aliphatic heterocycles. The van der Waals surface area contributed by atoms with Crippen molar-refractivity contribution in [1.29, 1.82) is 0 Å².